The van der Waals surface area contributed by atoms with Crippen LogP contribution in [0.4, 0.5) is 0 Å². The van der Waals surface area contributed by atoms with Crippen molar-refractivity contribution in [1.82, 2.24) is 15.2 Å². The van der Waals surface area contributed by atoms with E-state index in [1.807, 2.05) is 7.05 Å². The van der Waals surface area contributed by atoms with E-state index in [1.165, 1.54) is 38.5 Å². The molecule has 2 aliphatic rings. The van der Waals surface area contributed by atoms with Crippen molar-refractivity contribution in [3.63, 3.8) is 0 Å². The predicted molar refractivity (Wildman–Crippen MR) is 103 cm³/mol. The van der Waals surface area contributed by atoms with Crippen molar-refractivity contribution in [2.75, 3.05) is 13.6 Å². The van der Waals surface area contributed by atoms with Crippen LogP contribution in [0.5, 0.6) is 0 Å². The molecule has 0 aromatic carbocycles. The Balaban J connectivity index is 0.00000176. The maximum absolute atomic E-state index is 4.35. The third-order valence-electron chi connectivity index (χ3n) is 4.97. The molecule has 5 heteroatoms. The molecule has 3 rings (SSSR count). The fourth-order valence-corrected chi connectivity index (χ4v) is 3.66. The molecule has 0 bridgehead atoms. The number of hydrogen-bond acceptors (Lipinski definition) is 1. The zero-order valence-electron chi connectivity index (χ0n) is 13.5. The number of aromatic nitrogens is 1. The Bertz CT molecular complexity index is 451. The maximum Gasteiger partial charge on any atom is 0.191 e. The van der Waals surface area contributed by atoms with E-state index >= 15 is 0 Å². The van der Waals surface area contributed by atoms with Crippen LogP contribution < -0.4 is 10.6 Å². The lowest BCUT2D eigenvalue weighted by Crippen LogP contribution is -2.40. The molecule has 2 N–H and O–H groups in total. The highest BCUT2D eigenvalue weighted by molar-refractivity contribution is 14.0. The van der Waals surface area contributed by atoms with Gasteiger partial charge < -0.3 is 15.2 Å². The lowest BCUT2D eigenvalue weighted by atomic mass is 9.85. The fourth-order valence-electron chi connectivity index (χ4n) is 3.66. The highest BCUT2D eigenvalue weighted by atomic mass is 127. The second-order valence-corrected chi connectivity index (χ2v) is 6.47. The van der Waals surface area contributed by atoms with Gasteiger partial charge in [0.2, 0.25) is 0 Å². The third kappa shape index (κ3) is 4.89. The van der Waals surface area contributed by atoms with Crippen LogP contribution in [-0.2, 0) is 6.54 Å². The van der Waals surface area contributed by atoms with E-state index in [4.69, 9.17) is 0 Å². The Morgan fingerprint density at radius 3 is 2.59 bits per heavy atom. The van der Waals surface area contributed by atoms with Gasteiger partial charge in [-0.2, -0.15) is 0 Å². The smallest absolute Gasteiger partial charge is 0.191 e. The van der Waals surface area contributed by atoms with Crippen molar-refractivity contribution in [1.29, 1.82) is 0 Å². The first-order chi connectivity index (χ1) is 10.4. The van der Waals surface area contributed by atoms with Gasteiger partial charge in [0.05, 0.1) is 0 Å². The van der Waals surface area contributed by atoms with Gasteiger partial charge in [-0.25, -0.2) is 0 Å². The summed E-state index contributed by atoms with van der Waals surface area (Å²) in [6, 6.07) is 4.78. The first kappa shape index (κ1) is 17.6. The summed E-state index contributed by atoms with van der Waals surface area (Å²) < 4.78 is 2.18. The van der Waals surface area contributed by atoms with E-state index in [0.717, 1.165) is 30.9 Å². The van der Waals surface area contributed by atoms with Crippen LogP contribution >= 0.6 is 24.0 Å². The fraction of sp³-hybridized carbons (Fsp3) is 0.706. The molecule has 4 nitrogen and oxygen atoms in total. The van der Waals surface area contributed by atoms with Crippen LogP contribution in [0.3, 0.4) is 0 Å². The van der Waals surface area contributed by atoms with Gasteiger partial charge in [0, 0.05) is 38.6 Å². The summed E-state index contributed by atoms with van der Waals surface area (Å²) in [5, 5.41) is 7.02. The summed E-state index contributed by atoms with van der Waals surface area (Å²) in [6.45, 7) is 1.89. The zero-order valence-corrected chi connectivity index (χ0v) is 15.8. The van der Waals surface area contributed by atoms with Crippen molar-refractivity contribution in [2.45, 2.75) is 51.1 Å². The zero-order chi connectivity index (χ0) is 14.5. The Labute approximate surface area is 151 Å². The molecule has 124 valence electrons. The molecule has 0 radical (unpaired) electrons. The number of rotatable bonds is 5. The molecule has 2 unspecified atom stereocenters. The summed E-state index contributed by atoms with van der Waals surface area (Å²) in [7, 11) is 1.86. The molecule has 0 spiro atoms. The number of halogens is 1. The first-order valence-electron chi connectivity index (χ1n) is 8.45. The topological polar surface area (TPSA) is 41.4 Å². The maximum atomic E-state index is 4.35. The van der Waals surface area contributed by atoms with Crippen molar-refractivity contribution < 1.29 is 0 Å². The van der Waals surface area contributed by atoms with Gasteiger partial charge in [0.15, 0.2) is 5.96 Å². The van der Waals surface area contributed by atoms with Gasteiger partial charge in [-0.1, -0.05) is 32.1 Å². The normalized spacial score (nSPS) is 25.4. The van der Waals surface area contributed by atoms with E-state index in [0.29, 0.717) is 6.04 Å². The standard InChI is InChI=1S/C17H28N4.HI/c1-18-17(19-9-12-21-10-5-6-11-21)20-16-13-15(16)14-7-3-2-4-8-14;/h5-6,10-11,14-16H,2-4,7-9,12-13H2,1H3,(H2,18,19,20);1H. The van der Waals surface area contributed by atoms with Crippen molar-refractivity contribution in [2.24, 2.45) is 16.8 Å². The highest BCUT2D eigenvalue weighted by Crippen LogP contribution is 2.44. The molecule has 0 aliphatic heterocycles. The lowest BCUT2D eigenvalue weighted by Gasteiger charge is -2.22. The minimum Gasteiger partial charge on any atom is -0.355 e. The SMILES string of the molecule is CN=C(NCCn1cccc1)NC1CC1C1CCCCC1.I. The highest BCUT2D eigenvalue weighted by Gasteiger charge is 2.43. The van der Waals surface area contributed by atoms with Gasteiger partial charge in [-0.3, -0.25) is 4.99 Å². The molecule has 1 aromatic rings. The van der Waals surface area contributed by atoms with Gasteiger partial charge >= 0.3 is 0 Å². The molecule has 2 atom stereocenters. The van der Waals surface area contributed by atoms with Crippen LogP contribution in [-0.4, -0.2) is 30.2 Å². The van der Waals surface area contributed by atoms with Crippen molar-refractivity contribution >= 4 is 29.9 Å². The molecule has 2 saturated carbocycles. The van der Waals surface area contributed by atoms with Crippen LogP contribution in [0.15, 0.2) is 29.5 Å². The average Bonchev–Trinajstić information content (AvgIpc) is 3.10. The summed E-state index contributed by atoms with van der Waals surface area (Å²) in [6.07, 6.45) is 12.8. The summed E-state index contributed by atoms with van der Waals surface area (Å²) in [5.41, 5.74) is 0. The lowest BCUT2D eigenvalue weighted by molar-refractivity contribution is 0.315. The molecule has 1 heterocycles. The monoisotopic (exact) mass is 416 g/mol. The molecule has 22 heavy (non-hydrogen) atoms. The molecular formula is C17H29IN4. The van der Waals surface area contributed by atoms with E-state index in [9.17, 15) is 0 Å². The van der Waals surface area contributed by atoms with E-state index < -0.39 is 0 Å². The Morgan fingerprint density at radius 2 is 1.91 bits per heavy atom. The minimum atomic E-state index is 0. The minimum absolute atomic E-state index is 0. The van der Waals surface area contributed by atoms with Crippen LogP contribution in [0.1, 0.15) is 38.5 Å². The van der Waals surface area contributed by atoms with E-state index in [2.05, 4.69) is 44.7 Å². The largest absolute Gasteiger partial charge is 0.355 e. The summed E-state index contributed by atoms with van der Waals surface area (Å²) in [4.78, 5) is 4.35. The van der Waals surface area contributed by atoms with Crippen LogP contribution in [0.2, 0.25) is 0 Å². The van der Waals surface area contributed by atoms with E-state index in [-0.39, 0.29) is 24.0 Å². The quantitative estimate of drug-likeness (QED) is 0.440. The molecular weight excluding hydrogens is 387 g/mol. The number of guanidine groups is 1. The Kier molecular flexibility index (Phi) is 7.05. The number of nitrogens with one attached hydrogen (secondary N) is 2. The van der Waals surface area contributed by atoms with Gasteiger partial charge in [-0.15, -0.1) is 24.0 Å². The summed E-state index contributed by atoms with van der Waals surface area (Å²) in [5.74, 6) is 2.83. The van der Waals surface area contributed by atoms with Gasteiger partial charge in [0.1, 0.15) is 0 Å². The first-order valence-corrected chi connectivity index (χ1v) is 8.45. The third-order valence-corrected chi connectivity index (χ3v) is 4.97. The number of nitrogens with zero attached hydrogens (tertiary/aromatic N) is 2. The predicted octanol–water partition coefficient (Wildman–Crippen LogP) is 3.24. The van der Waals surface area contributed by atoms with Crippen molar-refractivity contribution in [3.8, 4) is 0 Å². The van der Waals surface area contributed by atoms with Crippen LogP contribution in [0.25, 0.3) is 0 Å². The number of aliphatic imine (C=N–C) groups is 1. The Hall–Kier alpha value is -0.720. The number of hydrogen-bond donors (Lipinski definition) is 2. The van der Waals surface area contributed by atoms with E-state index in [1.54, 1.807) is 0 Å². The van der Waals surface area contributed by atoms with Crippen LogP contribution in [0, 0.1) is 11.8 Å². The second kappa shape index (κ2) is 8.79. The van der Waals surface area contributed by atoms with Gasteiger partial charge in [0.25, 0.3) is 0 Å². The Morgan fingerprint density at radius 1 is 1.18 bits per heavy atom. The molecule has 1 aromatic heterocycles. The molecule has 2 fully saturated rings. The molecule has 2 aliphatic carbocycles. The molecule has 0 amide bonds. The van der Waals surface area contributed by atoms with Crippen molar-refractivity contribution in [3.05, 3.63) is 24.5 Å². The van der Waals surface area contributed by atoms with Gasteiger partial charge in [-0.05, 0) is 30.4 Å². The average molecular weight is 416 g/mol. The summed E-state index contributed by atoms with van der Waals surface area (Å²) >= 11 is 0. The molecule has 0 saturated heterocycles. The second-order valence-electron chi connectivity index (χ2n) is 6.47.